The Morgan fingerprint density at radius 2 is 2.00 bits per heavy atom. The Bertz CT molecular complexity index is 141. The predicted molar refractivity (Wildman–Crippen MR) is 49.6 cm³/mol. The molecule has 0 fully saturated rings. The van der Waals surface area contributed by atoms with Crippen LogP contribution in [0.5, 0.6) is 0 Å². The van der Waals surface area contributed by atoms with Crippen molar-refractivity contribution in [1.29, 1.82) is 0 Å². The first-order valence-electron chi connectivity index (χ1n) is 4.57. The van der Waals surface area contributed by atoms with E-state index in [1.165, 1.54) is 19.3 Å². The van der Waals surface area contributed by atoms with Crippen molar-refractivity contribution in [2.24, 2.45) is 5.41 Å². The van der Waals surface area contributed by atoms with Crippen LogP contribution in [-0.4, -0.2) is 13.1 Å². The summed E-state index contributed by atoms with van der Waals surface area (Å²) in [6.07, 6.45) is 8.42. The second-order valence-corrected chi connectivity index (χ2v) is 3.61. The number of nitrogens with one attached hydrogen (secondary N) is 1. The second-order valence-electron chi connectivity index (χ2n) is 3.61. The van der Waals surface area contributed by atoms with E-state index in [0.717, 1.165) is 0 Å². The summed E-state index contributed by atoms with van der Waals surface area (Å²) in [7, 11) is 2.06. The van der Waals surface area contributed by atoms with Gasteiger partial charge in [0.25, 0.3) is 0 Å². The van der Waals surface area contributed by atoms with Crippen LogP contribution in [0.4, 0.5) is 0 Å². The minimum Gasteiger partial charge on any atom is -0.317 e. The van der Waals surface area contributed by atoms with Crippen LogP contribution in [0.2, 0.25) is 0 Å². The van der Waals surface area contributed by atoms with E-state index in [0.29, 0.717) is 11.5 Å². The molecule has 1 N–H and O–H groups in total. The van der Waals surface area contributed by atoms with Gasteiger partial charge in [0.15, 0.2) is 0 Å². The molecule has 1 rings (SSSR count). The highest BCUT2D eigenvalue weighted by Gasteiger charge is 2.33. The molecule has 0 amide bonds. The second kappa shape index (κ2) is 3.40. The zero-order valence-electron chi connectivity index (χ0n) is 7.85. The standard InChI is InChI=1S/C10H19N/c1-4-10(9(2)11-3)7-5-6-8-10/h5-6,9,11H,4,7-8H2,1-3H3. The topological polar surface area (TPSA) is 12.0 Å². The molecule has 0 aromatic carbocycles. The predicted octanol–water partition coefficient (Wildman–Crippen LogP) is 2.34. The van der Waals surface area contributed by atoms with Gasteiger partial charge in [-0.1, -0.05) is 19.1 Å². The quantitative estimate of drug-likeness (QED) is 0.614. The number of allylic oxidation sites excluding steroid dienone is 2. The zero-order valence-corrected chi connectivity index (χ0v) is 7.85. The first-order valence-corrected chi connectivity index (χ1v) is 4.57. The molecule has 0 bridgehead atoms. The summed E-state index contributed by atoms with van der Waals surface area (Å²) in [5.41, 5.74) is 0.523. The molecule has 0 saturated heterocycles. The first kappa shape index (κ1) is 8.79. The van der Waals surface area contributed by atoms with E-state index in [1.807, 2.05) is 0 Å². The molecule has 1 heteroatoms. The van der Waals surface area contributed by atoms with Gasteiger partial charge in [0.05, 0.1) is 0 Å². The molecule has 0 aromatic rings. The third kappa shape index (κ3) is 1.48. The molecule has 11 heavy (non-hydrogen) atoms. The Morgan fingerprint density at radius 1 is 1.45 bits per heavy atom. The van der Waals surface area contributed by atoms with Gasteiger partial charge in [-0.2, -0.15) is 0 Å². The maximum absolute atomic E-state index is 3.36. The summed E-state index contributed by atoms with van der Waals surface area (Å²) in [6, 6.07) is 0.641. The minimum absolute atomic E-state index is 0.523. The lowest BCUT2D eigenvalue weighted by Gasteiger charge is -2.34. The molecule has 0 radical (unpaired) electrons. The average molecular weight is 153 g/mol. The fraction of sp³-hybridized carbons (Fsp3) is 0.800. The van der Waals surface area contributed by atoms with Gasteiger partial charge < -0.3 is 5.32 Å². The smallest absolute Gasteiger partial charge is 0.00980 e. The van der Waals surface area contributed by atoms with Crippen molar-refractivity contribution in [2.75, 3.05) is 7.05 Å². The number of hydrogen-bond donors (Lipinski definition) is 1. The Kier molecular flexibility index (Phi) is 2.72. The van der Waals surface area contributed by atoms with Crippen LogP contribution in [0.1, 0.15) is 33.1 Å². The molecule has 0 spiro atoms. The molecular formula is C10H19N. The largest absolute Gasteiger partial charge is 0.317 e. The number of rotatable bonds is 3. The minimum atomic E-state index is 0.523. The van der Waals surface area contributed by atoms with Gasteiger partial charge in [0, 0.05) is 6.04 Å². The normalized spacial score (nSPS) is 23.9. The Labute approximate surface area is 69.9 Å². The molecule has 0 aliphatic heterocycles. The maximum Gasteiger partial charge on any atom is 0.00980 e. The molecule has 1 unspecified atom stereocenters. The van der Waals surface area contributed by atoms with Crippen LogP contribution < -0.4 is 5.32 Å². The van der Waals surface area contributed by atoms with E-state index < -0.39 is 0 Å². The summed E-state index contributed by atoms with van der Waals surface area (Å²) in [4.78, 5) is 0. The van der Waals surface area contributed by atoms with E-state index in [2.05, 4.69) is 38.4 Å². The fourth-order valence-corrected chi connectivity index (χ4v) is 1.97. The zero-order chi connectivity index (χ0) is 8.32. The summed E-state index contributed by atoms with van der Waals surface area (Å²) in [5, 5.41) is 3.36. The van der Waals surface area contributed by atoms with Crippen molar-refractivity contribution in [1.82, 2.24) is 5.32 Å². The molecule has 0 aromatic heterocycles. The third-order valence-electron chi connectivity index (χ3n) is 3.27. The molecular weight excluding hydrogens is 134 g/mol. The lowest BCUT2D eigenvalue weighted by molar-refractivity contribution is 0.217. The van der Waals surface area contributed by atoms with Crippen molar-refractivity contribution in [3.63, 3.8) is 0 Å². The van der Waals surface area contributed by atoms with Crippen LogP contribution in [0.15, 0.2) is 12.2 Å². The van der Waals surface area contributed by atoms with Crippen molar-refractivity contribution in [2.45, 2.75) is 39.2 Å². The van der Waals surface area contributed by atoms with Crippen LogP contribution in [0.3, 0.4) is 0 Å². The van der Waals surface area contributed by atoms with Crippen LogP contribution >= 0.6 is 0 Å². The van der Waals surface area contributed by atoms with E-state index in [4.69, 9.17) is 0 Å². The molecule has 0 heterocycles. The van der Waals surface area contributed by atoms with Gasteiger partial charge in [-0.05, 0) is 38.6 Å². The lowest BCUT2D eigenvalue weighted by atomic mass is 9.76. The van der Waals surface area contributed by atoms with E-state index in [9.17, 15) is 0 Å². The van der Waals surface area contributed by atoms with Crippen molar-refractivity contribution < 1.29 is 0 Å². The fourth-order valence-electron chi connectivity index (χ4n) is 1.97. The van der Waals surface area contributed by atoms with Gasteiger partial charge in [-0.25, -0.2) is 0 Å². The highest BCUT2D eigenvalue weighted by molar-refractivity contribution is 5.05. The molecule has 1 atom stereocenters. The third-order valence-corrected chi connectivity index (χ3v) is 3.27. The Balaban J connectivity index is 2.60. The summed E-state index contributed by atoms with van der Waals surface area (Å²) < 4.78 is 0. The summed E-state index contributed by atoms with van der Waals surface area (Å²) in [5.74, 6) is 0. The van der Waals surface area contributed by atoms with Gasteiger partial charge in [-0.15, -0.1) is 0 Å². The van der Waals surface area contributed by atoms with Crippen molar-refractivity contribution in [3.8, 4) is 0 Å². The highest BCUT2D eigenvalue weighted by atomic mass is 14.9. The molecule has 64 valence electrons. The van der Waals surface area contributed by atoms with Gasteiger partial charge >= 0.3 is 0 Å². The number of hydrogen-bond acceptors (Lipinski definition) is 1. The van der Waals surface area contributed by atoms with Crippen LogP contribution in [0.25, 0.3) is 0 Å². The average Bonchev–Trinajstić information content (AvgIpc) is 2.52. The first-order chi connectivity index (χ1) is 5.25. The Morgan fingerprint density at radius 3 is 2.36 bits per heavy atom. The summed E-state index contributed by atoms with van der Waals surface area (Å²) in [6.45, 7) is 4.58. The van der Waals surface area contributed by atoms with E-state index in [-0.39, 0.29) is 0 Å². The van der Waals surface area contributed by atoms with Gasteiger partial charge in [0.2, 0.25) is 0 Å². The molecule has 0 saturated carbocycles. The Hall–Kier alpha value is -0.300. The molecule has 1 aliphatic carbocycles. The van der Waals surface area contributed by atoms with Crippen molar-refractivity contribution >= 4 is 0 Å². The van der Waals surface area contributed by atoms with Gasteiger partial charge in [0.1, 0.15) is 0 Å². The maximum atomic E-state index is 3.36. The van der Waals surface area contributed by atoms with Crippen LogP contribution in [-0.2, 0) is 0 Å². The molecule has 1 nitrogen and oxygen atoms in total. The van der Waals surface area contributed by atoms with Crippen molar-refractivity contribution in [3.05, 3.63) is 12.2 Å². The highest BCUT2D eigenvalue weighted by Crippen LogP contribution is 2.39. The monoisotopic (exact) mass is 153 g/mol. The lowest BCUT2D eigenvalue weighted by Crippen LogP contribution is -2.39. The SMILES string of the molecule is CCC1(C(C)NC)CC=CC1. The summed E-state index contributed by atoms with van der Waals surface area (Å²) >= 11 is 0. The molecule has 1 aliphatic rings. The van der Waals surface area contributed by atoms with E-state index >= 15 is 0 Å². The van der Waals surface area contributed by atoms with Gasteiger partial charge in [-0.3, -0.25) is 0 Å². The van der Waals surface area contributed by atoms with E-state index in [1.54, 1.807) is 0 Å². The van der Waals surface area contributed by atoms with Crippen LogP contribution in [0, 0.1) is 5.41 Å².